The second-order valence-corrected chi connectivity index (χ2v) is 4.48. The molecule has 1 nitrogen and oxygen atoms in total. The van der Waals surface area contributed by atoms with Gasteiger partial charge in [0.25, 0.3) is 0 Å². The summed E-state index contributed by atoms with van der Waals surface area (Å²) in [6, 6.07) is 0. The van der Waals surface area contributed by atoms with Crippen molar-refractivity contribution in [3.8, 4) is 0 Å². The van der Waals surface area contributed by atoms with Crippen molar-refractivity contribution < 1.29 is 4.74 Å². The van der Waals surface area contributed by atoms with E-state index in [2.05, 4.69) is 0 Å². The van der Waals surface area contributed by atoms with E-state index in [4.69, 9.17) is 39.5 Å². The molecule has 2 unspecified atom stereocenters. The Morgan fingerprint density at radius 2 is 2.27 bits per heavy atom. The van der Waals surface area contributed by atoms with Crippen LogP contribution in [0, 0.1) is 0 Å². The molecule has 0 aromatic carbocycles. The lowest BCUT2D eigenvalue weighted by Gasteiger charge is -2.06. The van der Waals surface area contributed by atoms with Gasteiger partial charge in [0.1, 0.15) is 4.49 Å². The minimum absolute atomic E-state index is 0.0356. The minimum atomic E-state index is -0.132. The normalized spacial score (nSPS) is 31.3. The molecule has 0 aromatic rings. The molecule has 0 aromatic heterocycles. The van der Waals surface area contributed by atoms with Crippen LogP contribution in [0.3, 0.4) is 0 Å². The predicted octanol–water partition coefficient (Wildman–Crippen LogP) is 3.09. The molecule has 1 aliphatic heterocycles. The number of epoxide rings is 1. The summed E-state index contributed by atoms with van der Waals surface area (Å²) in [5.74, 6) is 0. The van der Waals surface area contributed by atoms with E-state index in [0.717, 1.165) is 13.0 Å². The molecule has 1 aliphatic rings. The van der Waals surface area contributed by atoms with Crippen molar-refractivity contribution in [1.29, 1.82) is 0 Å². The number of rotatable bonds is 3. The van der Waals surface area contributed by atoms with E-state index in [-0.39, 0.29) is 15.5 Å². The van der Waals surface area contributed by atoms with E-state index in [1.807, 2.05) is 6.92 Å². The first kappa shape index (κ1) is 9.66. The van der Waals surface area contributed by atoms with Crippen molar-refractivity contribution in [2.45, 2.75) is 24.3 Å². The Bertz CT molecular complexity index is 171. The molecule has 0 N–H and O–H groups in total. The lowest BCUT2D eigenvalue weighted by Crippen LogP contribution is -2.11. The predicted molar refractivity (Wildman–Crippen MR) is 48.4 cm³/mol. The first-order valence-electron chi connectivity index (χ1n) is 3.33. The van der Waals surface area contributed by atoms with Crippen molar-refractivity contribution in [3.63, 3.8) is 0 Å². The summed E-state index contributed by atoms with van der Waals surface area (Å²) in [4.78, 5) is 0. The third-order valence-electron chi connectivity index (χ3n) is 1.57. The molecular weight excluding hydrogens is 206 g/mol. The monoisotopic (exact) mass is 214 g/mol. The van der Waals surface area contributed by atoms with Gasteiger partial charge in [-0.25, -0.2) is 0 Å². The Labute approximate surface area is 81.3 Å². The quantitative estimate of drug-likeness (QED) is 0.521. The van der Waals surface area contributed by atoms with Crippen LogP contribution >= 0.6 is 34.8 Å². The lowest BCUT2D eigenvalue weighted by molar-refractivity contribution is 0.311. The summed E-state index contributed by atoms with van der Waals surface area (Å²) in [7, 11) is 0. The second-order valence-electron chi connectivity index (χ2n) is 2.92. The first-order valence-corrected chi connectivity index (χ1v) is 4.52. The summed E-state index contributed by atoms with van der Waals surface area (Å²) in [5, 5.41) is -0.132. The third kappa shape index (κ3) is 3.66. The van der Waals surface area contributed by atoms with Gasteiger partial charge in [0, 0.05) is 0 Å². The van der Waals surface area contributed by atoms with Gasteiger partial charge in [-0.15, -0.1) is 11.6 Å². The topological polar surface area (TPSA) is 12.5 Å². The highest BCUT2D eigenvalue weighted by Gasteiger charge is 2.40. The third-order valence-corrected chi connectivity index (χ3v) is 2.10. The summed E-state index contributed by atoms with van der Waals surface area (Å²) in [6.45, 7) is 2.79. The van der Waals surface area contributed by atoms with Crippen LogP contribution in [-0.4, -0.2) is 17.6 Å². The lowest BCUT2D eigenvalue weighted by atomic mass is 10.1. The van der Waals surface area contributed by atoms with E-state index in [1.165, 1.54) is 0 Å². The zero-order valence-electron chi connectivity index (χ0n) is 6.11. The van der Waals surface area contributed by atoms with Gasteiger partial charge in [-0.1, -0.05) is 23.2 Å². The molecule has 2 atom stereocenters. The van der Waals surface area contributed by atoms with Crippen LogP contribution in [0.1, 0.15) is 13.3 Å². The highest BCUT2D eigenvalue weighted by Crippen LogP contribution is 2.33. The van der Waals surface area contributed by atoms with Crippen LogP contribution in [0.15, 0.2) is 10.6 Å². The number of hydrogen-bond donors (Lipinski definition) is 0. The molecule has 1 saturated heterocycles. The Balaban J connectivity index is 2.31. The number of allylic oxidation sites excluding steroid dienone is 1. The van der Waals surface area contributed by atoms with Crippen molar-refractivity contribution >= 4 is 34.8 Å². The molecule has 1 heterocycles. The summed E-state index contributed by atoms with van der Waals surface area (Å²) in [6.07, 6.45) is 2.37. The van der Waals surface area contributed by atoms with Gasteiger partial charge < -0.3 is 4.74 Å². The summed E-state index contributed by atoms with van der Waals surface area (Å²) < 4.78 is 5.37. The van der Waals surface area contributed by atoms with Gasteiger partial charge in [-0.2, -0.15) is 0 Å². The maximum absolute atomic E-state index is 5.88. The molecule has 0 saturated carbocycles. The minimum Gasteiger partial charge on any atom is -0.370 e. The maximum Gasteiger partial charge on any atom is 0.104 e. The molecule has 4 heteroatoms. The average molecular weight is 216 g/mol. The standard InChI is InChI=1S/C7H9Cl3O/c1-7(4-11-7)3-5(8)2-6(9)10/h2,5H,3-4H2,1H3. The van der Waals surface area contributed by atoms with Crippen LogP contribution < -0.4 is 0 Å². The number of hydrogen-bond acceptors (Lipinski definition) is 1. The van der Waals surface area contributed by atoms with Gasteiger partial charge in [0.15, 0.2) is 0 Å². The fourth-order valence-electron chi connectivity index (χ4n) is 0.849. The largest absolute Gasteiger partial charge is 0.370 e. The zero-order valence-corrected chi connectivity index (χ0v) is 8.38. The Hall–Kier alpha value is 0.570. The molecule has 0 amide bonds. The SMILES string of the molecule is CC1(CC(Cl)C=C(Cl)Cl)CO1. The highest BCUT2D eigenvalue weighted by molar-refractivity contribution is 6.56. The second kappa shape index (κ2) is 3.53. The van der Waals surface area contributed by atoms with E-state index in [1.54, 1.807) is 6.08 Å². The van der Waals surface area contributed by atoms with Gasteiger partial charge in [0.05, 0.1) is 17.6 Å². The fraction of sp³-hybridized carbons (Fsp3) is 0.714. The molecule has 1 fully saturated rings. The molecule has 0 aliphatic carbocycles. The van der Waals surface area contributed by atoms with Crippen LogP contribution in [0.25, 0.3) is 0 Å². The van der Waals surface area contributed by atoms with Crippen molar-refractivity contribution in [1.82, 2.24) is 0 Å². The van der Waals surface area contributed by atoms with Crippen LogP contribution in [0.2, 0.25) is 0 Å². The average Bonchev–Trinajstić information content (AvgIpc) is 2.44. The van der Waals surface area contributed by atoms with Gasteiger partial charge >= 0.3 is 0 Å². The van der Waals surface area contributed by atoms with Gasteiger partial charge in [-0.3, -0.25) is 0 Å². The van der Waals surface area contributed by atoms with E-state index in [0.29, 0.717) is 0 Å². The Morgan fingerprint density at radius 1 is 1.73 bits per heavy atom. The maximum atomic E-state index is 5.88. The van der Waals surface area contributed by atoms with Crippen molar-refractivity contribution in [2.75, 3.05) is 6.61 Å². The molecule has 1 rings (SSSR count). The zero-order chi connectivity index (χ0) is 8.48. The van der Waals surface area contributed by atoms with Gasteiger partial charge in [-0.05, 0) is 19.4 Å². The van der Waals surface area contributed by atoms with E-state index >= 15 is 0 Å². The van der Waals surface area contributed by atoms with Gasteiger partial charge in [0.2, 0.25) is 0 Å². The van der Waals surface area contributed by atoms with Crippen LogP contribution in [-0.2, 0) is 4.74 Å². The van der Waals surface area contributed by atoms with Crippen LogP contribution in [0.5, 0.6) is 0 Å². The van der Waals surface area contributed by atoms with E-state index < -0.39 is 0 Å². The van der Waals surface area contributed by atoms with Crippen LogP contribution in [0.4, 0.5) is 0 Å². The highest BCUT2D eigenvalue weighted by atomic mass is 35.5. The molecule has 11 heavy (non-hydrogen) atoms. The molecule has 0 radical (unpaired) electrons. The van der Waals surface area contributed by atoms with Crippen molar-refractivity contribution in [2.24, 2.45) is 0 Å². The Morgan fingerprint density at radius 3 is 2.64 bits per heavy atom. The molecular formula is C7H9Cl3O. The van der Waals surface area contributed by atoms with Crippen molar-refractivity contribution in [3.05, 3.63) is 10.6 Å². The fourth-order valence-corrected chi connectivity index (χ4v) is 1.73. The molecule has 0 spiro atoms. The Kier molecular flexibility index (Phi) is 3.10. The molecule has 64 valence electrons. The number of alkyl halides is 1. The smallest absolute Gasteiger partial charge is 0.104 e. The number of halogens is 3. The summed E-state index contributed by atoms with van der Waals surface area (Å²) in [5.41, 5.74) is -0.0356. The summed E-state index contributed by atoms with van der Waals surface area (Å²) >= 11 is 16.7. The first-order chi connectivity index (χ1) is 5.02. The van der Waals surface area contributed by atoms with E-state index in [9.17, 15) is 0 Å². The number of ether oxygens (including phenoxy) is 1. The molecule has 0 bridgehead atoms.